The van der Waals surface area contributed by atoms with Crippen LogP contribution in [0.15, 0.2) is 54.6 Å². The highest BCUT2D eigenvalue weighted by atomic mass is 16.4. The van der Waals surface area contributed by atoms with Gasteiger partial charge in [-0.25, -0.2) is 0 Å². The third-order valence-corrected chi connectivity index (χ3v) is 5.39. The highest BCUT2D eigenvalue weighted by molar-refractivity contribution is 5.99. The van der Waals surface area contributed by atoms with E-state index in [9.17, 15) is 19.5 Å². The number of carboxylic acid groups (broad SMARTS) is 1. The second-order valence-electron chi connectivity index (χ2n) is 7.62. The monoisotopic (exact) mass is 422 g/mol. The number of carbonyl (C=O) groups is 3. The summed E-state index contributed by atoms with van der Waals surface area (Å²) in [4.78, 5) is 38.6. The third-order valence-electron chi connectivity index (χ3n) is 5.39. The van der Waals surface area contributed by atoms with E-state index in [4.69, 9.17) is 11.1 Å². The number of nitrogens with one attached hydrogen (secondary N) is 2. The highest BCUT2D eigenvalue weighted by Gasteiger charge is 2.32. The Kier molecular flexibility index (Phi) is 7.02. The number of rotatable bonds is 8. The lowest BCUT2D eigenvalue weighted by Crippen LogP contribution is -2.43. The molecule has 162 valence electrons. The summed E-state index contributed by atoms with van der Waals surface area (Å²) in [7, 11) is 0. The van der Waals surface area contributed by atoms with Crippen LogP contribution in [0.4, 0.5) is 5.69 Å². The van der Waals surface area contributed by atoms with E-state index in [-0.39, 0.29) is 30.5 Å². The maximum Gasteiger partial charge on any atom is 0.305 e. The van der Waals surface area contributed by atoms with Gasteiger partial charge in [0.2, 0.25) is 11.8 Å². The molecule has 0 aliphatic carbocycles. The molecule has 2 unspecified atom stereocenters. The minimum Gasteiger partial charge on any atom is -0.481 e. The van der Waals surface area contributed by atoms with Crippen LogP contribution in [0.1, 0.15) is 42.9 Å². The molecule has 2 aromatic carbocycles. The molecule has 2 amide bonds. The van der Waals surface area contributed by atoms with Crippen molar-refractivity contribution in [1.82, 2.24) is 5.32 Å². The van der Waals surface area contributed by atoms with E-state index >= 15 is 0 Å². The summed E-state index contributed by atoms with van der Waals surface area (Å²) in [5.74, 6) is -2.00. The van der Waals surface area contributed by atoms with Crippen LogP contribution in [-0.2, 0) is 14.4 Å². The quantitative estimate of drug-likeness (QED) is 0.383. The molecular formula is C23H26N4O4. The number of piperidine rings is 1. The van der Waals surface area contributed by atoms with Crippen LogP contribution in [0.3, 0.4) is 0 Å². The number of nitrogens with two attached hydrogens (primary N) is 1. The highest BCUT2D eigenvalue weighted by Crippen LogP contribution is 2.27. The van der Waals surface area contributed by atoms with Crippen molar-refractivity contribution < 1.29 is 19.5 Å². The van der Waals surface area contributed by atoms with Crippen LogP contribution in [0, 0.1) is 11.3 Å². The van der Waals surface area contributed by atoms with Gasteiger partial charge in [-0.15, -0.1) is 0 Å². The Morgan fingerprint density at radius 2 is 1.84 bits per heavy atom. The number of hydrogen-bond donors (Lipinski definition) is 4. The van der Waals surface area contributed by atoms with Gasteiger partial charge in [-0.2, -0.15) is 0 Å². The van der Waals surface area contributed by atoms with Crippen molar-refractivity contribution in [3.63, 3.8) is 0 Å². The van der Waals surface area contributed by atoms with Crippen molar-refractivity contribution in [2.75, 3.05) is 11.4 Å². The molecule has 8 heteroatoms. The van der Waals surface area contributed by atoms with E-state index in [0.717, 1.165) is 6.42 Å². The molecule has 8 nitrogen and oxygen atoms in total. The number of carbonyl (C=O) groups excluding carboxylic acids is 2. The smallest absolute Gasteiger partial charge is 0.305 e. The van der Waals surface area contributed by atoms with E-state index in [1.54, 1.807) is 53.4 Å². The average Bonchev–Trinajstić information content (AvgIpc) is 2.75. The van der Waals surface area contributed by atoms with Crippen molar-refractivity contribution >= 4 is 29.3 Å². The molecule has 1 aliphatic rings. The number of anilines is 1. The van der Waals surface area contributed by atoms with E-state index < -0.39 is 17.9 Å². The molecule has 5 N–H and O–H groups in total. The van der Waals surface area contributed by atoms with Gasteiger partial charge in [0.15, 0.2) is 0 Å². The van der Waals surface area contributed by atoms with Crippen molar-refractivity contribution in [2.45, 2.75) is 31.7 Å². The second kappa shape index (κ2) is 9.88. The molecule has 0 radical (unpaired) electrons. The first-order chi connectivity index (χ1) is 14.8. The Balaban J connectivity index is 1.66. The molecule has 3 rings (SSSR count). The largest absolute Gasteiger partial charge is 0.481 e. The van der Waals surface area contributed by atoms with Gasteiger partial charge >= 0.3 is 5.97 Å². The van der Waals surface area contributed by atoms with Crippen LogP contribution in [0.5, 0.6) is 0 Å². The number of aliphatic carboxylic acids is 1. The Hall–Kier alpha value is -3.68. The Labute approximate surface area is 180 Å². The summed E-state index contributed by atoms with van der Waals surface area (Å²) in [5, 5.41) is 19.5. The lowest BCUT2D eigenvalue weighted by atomic mass is 9.92. The zero-order chi connectivity index (χ0) is 22.4. The molecule has 0 bridgehead atoms. The number of carboxylic acids is 1. The number of nitrogen functional groups attached to an aromatic ring is 1. The van der Waals surface area contributed by atoms with Crippen molar-refractivity contribution in [3.8, 4) is 0 Å². The van der Waals surface area contributed by atoms with Gasteiger partial charge in [-0.1, -0.05) is 30.3 Å². The normalized spacial score (nSPS) is 17.1. The summed E-state index contributed by atoms with van der Waals surface area (Å²) in [5.41, 5.74) is 7.47. The molecule has 0 spiro atoms. The molecule has 1 heterocycles. The van der Waals surface area contributed by atoms with Crippen molar-refractivity contribution in [1.29, 1.82) is 5.41 Å². The van der Waals surface area contributed by atoms with E-state index in [2.05, 4.69) is 5.32 Å². The minimum atomic E-state index is -1.01. The van der Waals surface area contributed by atoms with Crippen LogP contribution in [-0.4, -0.2) is 35.3 Å². The van der Waals surface area contributed by atoms with Crippen molar-refractivity contribution in [2.24, 2.45) is 11.7 Å². The fourth-order valence-corrected chi connectivity index (χ4v) is 3.81. The molecule has 2 atom stereocenters. The summed E-state index contributed by atoms with van der Waals surface area (Å²) in [6, 6.07) is 15.2. The SMILES string of the molecule is N=C(N)c1ccc(N2CCCC(CC(=O)NC(CC(=O)O)c3ccccc3)C2=O)cc1. The fraction of sp³-hybridized carbons (Fsp3) is 0.304. The Morgan fingerprint density at radius 3 is 2.45 bits per heavy atom. The number of amidine groups is 1. The number of nitrogens with zero attached hydrogens (tertiary/aromatic N) is 1. The molecule has 1 aliphatic heterocycles. The topological polar surface area (TPSA) is 137 Å². The fourth-order valence-electron chi connectivity index (χ4n) is 3.81. The van der Waals surface area contributed by atoms with Gasteiger partial charge in [-0.05, 0) is 42.7 Å². The predicted octanol–water partition coefficient (Wildman–Crippen LogP) is 2.44. The summed E-state index contributed by atoms with van der Waals surface area (Å²) < 4.78 is 0. The van der Waals surface area contributed by atoms with Crippen LogP contribution < -0.4 is 16.0 Å². The lowest BCUT2D eigenvalue weighted by Gasteiger charge is -2.32. The Morgan fingerprint density at radius 1 is 1.16 bits per heavy atom. The van der Waals surface area contributed by atoms with Gasteiger partial charge in [0.05, 0.1) is 12.5 Å². The third kappa shape index (κ3) is 5.69. The van der Waals surface area contributed by atoms with E-state index in [1.807, 2.05) is 6.07 Å². The predicted molar refractivity (Wildman–Crippen MR) is 117 cm³/mol. The van der Waals surface area contributed by atoms with E-state index in [0.29, 0.717) is 29.8 Å². The molecule has 1 saturated heterocycles. The van der Waals surface area contributed by atoms with Crippen LogP contribution >= 0.6 is 0 Å². The van der Waals surface area contributed by atoms with Crippen molar-refractivity contribution in [3.05, 3.63) is 65.7 Å². The molecule has 1 fully saturated rings. The van der Waals surface area contributed by atoms with Gasteiger partial charge in [0, 0.05) is 30.1 Å². The summed E-state index contributed by atoms with van der Waals surface area (Å²) in [6.07, 6.45) is 1.13. The average molecular weight is 422 g/mol. The number of benzene rings is 2. The second-order valence-corrected chi connectivity index (χ2v) is 7.62. The number of amides is 2. The Bertz CT molecular complexity index is 959. The summed E-state index contributed by atoms with van der Waals surface area (Å²) in [6.45, 7) is 0.558. The summed E-state index contributed by atoms with van der Waals surface area (Å²) >= 11 is 0. The first kappa shape index (κ1) is 22.0. The number of hydrogen-bond acceptors (Lipinski definition) is 4. The van der Waals surface area contributed by atoms with Crippen LogP contribution in [0.25, 0.3) is 0 Å². The maximum absolute atomic E-state index is 13.0. The minimum absolute atomic E-state index is 0.00379. The molecule has 31 heavy (non-hydrogen) atoms. The standard InChI is InChI=1S/C23H26N4O4/c24-22(25)16-8-10-18(11-9-16)27-12-4-7-17(23(27)31)13-20(28)26-19(14-21(29)30)15-5-2-1-3-6-15/h1-3,5-6,8-11,17,19H,4,7,12-14H2,(H3,24,25)(H,26,28)(H,29,30). The molecule has 2 aromatic rings. The zero-order valence-electron chi connectivity index (χ0n) is 17.1. The van der Waals surface area contributed by atoms with Gasteiger partial charge < -0.3 is 21.1 Å². The maximum atomic E-state index is 13.0. The van der Waals surface area contributed by atoms with Gasteiger partial charge in [0.1, 0.15) is 5.84 Å². The molecular weight excluding hydrogens is 396 g/mol. The molecule has 0 aromatic heterocycles. The zero-order valence-corrected chi connectivity index (χ0v) is 17.1. The molecule has 0 saturated carbocycles. The van der Waals surface area contributed by atoms with Crippen LogP contribution in [0.2, 0.25) is 0 Å². The first-order valence-corrected chi connectivity index (χ1v) is 10.2. The lowest BCUT2D eigenvalue weighted by molar-refractivity contribution is -0.138. The first-order valence-electron chi connectivity index (χ1n) is 10.2. The van der Waals surface area contributed by atoms with E-state index in [1.165, 1.54) is 0 Å². The van der Waals surface area contributed by atoms with Gasteiger partial charge in [0.25, 0.3) is 0 Å². The van der Waals surface area contributed by atoms with Gasteiger partial charge in [-0.3, -0.25) is 19.8 Å².